The molecule has 0 aliphatic rings. The number of carbonyl (C=O) groups is 1. The number of carbonyl (C=O) groups excluding carboxylic acids is 1. The molecule has 0 aliphatic carbocycles. The van der Waals surface area contributed by atoms with Gasteiger partial charge in [-0.25, -0.2) is 0 Å². The van der Waals surface area contributed by atoms with Gasteiger partial charge in [0.2, 0.25) is 5.91 Å². The molecule has 1 aromatic heterocycles. The molecular formula is C20H30IN5O2. The number of amides is 1. The molecule has 1 aromatic carbocycles. The molecule has 2 aromatic rings. The second-order valence-corrected chi connectivity index (χ2v) is 6.99. The lowest BCUT2D eigenvalue weighted by atomic mass is 10.1. The molecule has 0 bridgehead atoms. The lowest BCUT2D eigenvalue weighted by Gasteiger charge is -2.12. The molecule has 0 unspecified atom stereocenters. The molecule has 8 heteroatoms. The molecule has 1 heterocycles. The predicted molar refractivity (Wildman–Crippen MR) is 123 cm³/mol. The van der Waals surface area contributed by atoms with Crippen molar-refractivity contribution in [3.05, 3.63) is 47.3 Å². The van der Waals surface area contributed by atoms with Crippen molar-refractivity contribution in [1.82, 2.24) is 15.8 Å². The summed E-state index contributed by atoms with van der Waals surface area (Å²) in [6.07, 6.45) is 0. The van der Waals surface area contributed by atoms with Crippen LogP contribution in [0.1, 0.15) is 50.6 Å². The Morgan fingerprint density at radius 3 is 2.29 bits per heavy atom. The van der Waals surface area contributed by atoms with E-state index < -0.39 is 0 Å². The van der Waals surface area contributed by atoms with Gasteiger partial charge < -0.3 is 20.5 Å². The van der Waals surface area contributed by atoms with E-state index in [0.29, 0.717) is 25.0 Å². The Morgan fingerprint density at radius 1 is 1.11 bits per heavy atom. The summed E-state index contributed by atoms with van der Waals surface area (Å²) in [6.45, 7) is 9.03. The first-order valence-corrected chi connectivity index (χ1v) is 9.18. The molecule has 0 fully saturated rings. The molecule has 7 nitrogen and oxygen atoms in total. The van der Waals surface area contributed by atoms with Crippen molar-refractivity contribution < 1.29 is 9.32 Å². The average molecular weight is 499 g/mol. The van der Waals surface area contributed by atoms with Crippen LogP contribution in [0.4, 0.5) is 5.69 Å². The zero-order valence-electron chi connectivity index (χ0n) is 17.1. The zero-order valence-corrected chi connectivity index (χ0v) is 19.4. The van der Waals surface area contributed by atoms with E-state index in [9.17, 15) is 4.79 Å². The molecular weight excluding hydrogens is 469 g/mol. The Balaban J connectivity index is 0.00000392. The third kappa shape index (κ3) is 7.49. The Kier molecular flexibility index (Phi) is 9.98. The average Bonchev–Trinajstić information content (AvgIpc) is 3.12. The highest BCUT2D eigenvalue weighted by Crippen LogP contribution is 2.14. The number of aromatic nitrogens is 1. The Bertz CT molecular complexity index is 769. The molecule has 28 heavy (non-hydrogen) atoms. The number of rotatable bonds is 7. The van der Waals surface area contributed by atoms with Gasteiger partial charge in [0.1, 0.15) is 0 Å². The smallest absolute Gasteiger partial charge is 0.226 e. The van der Waals surface area contributed by atoms with Gasteiger partial charge in [0.05, 0.1) is 12.2 Å². The number of anilines is 1. The van der Waals surface area contributed by atoms with Crippen molar-refractivity contribution in [1.29, 1.82) is 0 Å². The van der Waals surface area contributed by atoms with E-state index >= 15 is 0 Å². The van der Waals surface area contributed by atoms with E-state index in [-0.39, 0.29) is 35.8 Å². The summed E-state index contributed by atoms with van der Waals surface area (Å²) in [5.41, 5.74) is 2.83. The van der Waals surface area contributed by atoms with E-state index in [4.69, 9.17) is 4.52 Å². The highest BCUT2D eigenvalue weighted by Gasteiger charge is 2.09. The molecule has 3 N–H and O–H groups in total. The first-order chi connectivity index (χ1) is 12.9. The van der Waals surface area contributed by atoms with Crippen LogP contribution in [0, 0.1) is 5.92 Å². The van der Waals surface area contributed by atoms with Crippen LogP contribution in [-0.4, -0.2) is 24.1 Å². The third-order valence-corrected chi connectivity index (χ3v) is 4.03. The van der Waals surface area contributed by atoms with E-state index in [0.717, 1.165) is 22.7 Å². The van der Waals surface area contributed by atoms with Crippen LogP contribution in [0.3, 0.4) is 0 Å². The molecule has 0 radical (unpaired) electrons. The zero-order chi connectivity index (χ0) is 19.8. The molecule has 0 aliphatic heterocycles. The second-order valence-electron chi connectivity index (χ2n) is 6.99. The van der Waals surface area contributed by atoms with Gasteiger partial charge in [-0.3, -0.25) is 9.79 Å². The summed E-state index contributed by atoms with van der Waals surface area (Å²) in [6, 6.07) is 9.70. The summed E-state index contributed by atoms with van der Waals surface area (Å²) >= 11 is 0. The van der Waals surface area contributed by atoms with Gasteiger partial charge in [-0.05, 0) is 23.6 Å². The molecule has 0 spiro atoms. The minimum absolute atomic E-state index is 0. The first kappa shape index (κ1) is 23.9. The van der Waals surface area contributed by atoms with Crippen molar-refractivity contribution in [2.75, 3.05) is 12.4 Å². The topological polar surface area (TPSA) is 91.5 Å². The maximum atomic E-state index is 11.7. The first-order valence-electron chi connectivity index (χ1n) is 9.18. The van der Waals surface area contributed by atoms with Crippen LogP contribution in [0.2, 0.25) is 0 Å². The molecule has 0 saturated heterocycles. The highest BCUT2D eigenvalue weighted by atomic mass is 127. The minimum atomic E-state index is -0.0401. The second kappa shape index (κ2) is 11.7. The number of benzene rings is 1. The fourth-order valence-corrected chi connectivity index (χ4v) is 2.25. The summed E-state index contributed by atoms with van der Waals surface area (Å²) in [5, 5.41) is 13.4. The van der Waals surface area contributed by atoms with Crippen molar-refractivity contribution in [2.24, 2.45) is 10.9 Å². The molecule has 2 rings (SSSR count). The molecule has 1 amide bonds. The predicted octanol–water partition coefficient (Wildman–Crippen LogP) is 3.88. The van der Waals surface area contributed by atoms with Crippen molar-refractivity contribution >= 4 is 41.5 Å². The fourth-order valence-electron chi connectivity index (χ4n) is 2.25. The normalized spacial score (nSPS) is 11.3. The summed E-state index contributed by atoms with van der Waals surface area (Å²) in [4.78, 5) is 15.9. The van der Waals surface area contributed by atoms with Crippen LogP contribution >= 0.6 is 24.0 Å². The van der Waals surface area contributed by atoms with E-state index in [1.165, 1.54) is 0 Å². The van der Waals surface area contributed by atoms with Crippen molar-refractivity contribution in [3.63, 3.8) is 0 Å². The Morgan fingerprint density at radius 2 is 1.75 bits per heavy atom. The number of nitrogens with zero attached hydrogens (tertiary/aromatic N) is 2. The van der Waals surface area contributed by atoms with Gasteiger partial charge >= 0.3 is 0 Å². The van der Waals surface area contributed by atoms with Crippen LogP contribution in [-0.2, 0) is 17.9 Å². The lowest BCUT2D eigenvalue weighted by molar-refractivity contribution is -0.118. The van der Waals surface area contributed by atoms with Crippen molar-refractivity contribution in [3.8, 4) is 0 Å². The molecule has 0 atom stereocenters. The number of hydrogen-bond donors (Lipinski definition) is 3. The number of halogens is 1. The standard InChI is InChI=1S/C20H29N5O2.HI/c1-13(2)18-10-17(27-25-18)12-23-20(21-5)22-11-15-6-8-16(9-7-15)24-19(26)14(3)4;/h6-10,13-14H,11-12H2,1-5H3,(H,24,26)(H2,21,22,23);1H. The van der Waals surface area contributed by atoms with Crippen LogP contribution < -0.4 is 16.0 Å². The van der Waals surface area contributed by atoms with E-state index in [2.05, 4.69) is 39.9 Å². The monoisotopic (exact) mass is 499 g/mol. The van der Waals surface area contributed by atoms with Crippen LogP contribution in [0.15, 0.2) is 39.8 Å². The lowest BCUT2D eigenvalue weighted by Crippen LogP contribution is -2.36. The van der Waals surface area contributed by atoms with E-state index in [1.807, 2.05) is 44.2 Å². The SMILES string of the molecule is CN=C(NCc1ccc(NC(=O)C(C)C)cc1)NCc1cc(C(C)C)no1.I. The van der Waals surface area contributed by atoms with Gasteiger partial charge in [-0.1, -0.05) is 45.0 Å². The van der Waals surface area contributed by atoms with Gasteiger partial charge in [0.25, 0.3) is 0 Å². The summed E-state index contributed by atoms with van der Waals surface area (Å²) in [7, 11) is 1.72. The van der Waals surface area contributed by atoms with Crippen LogP contribution in [0.25, 0.3) is 0 Å². The van der Waals surface area contributed by atoms with Gasteiger partial charge in [-0.15, -0.1) is 24.0 Å². The fraction of sp³-hybridized carbons (Fsp3) is 0.450. The number of hydrogen-bond acceptors (Lipinski definition) is 4. The Labute approximate surface area is 183 Å². The number of aliphatic imine (C=N–C) groups is 1. The maximum absolute atomic E-state index is 11.7. The summed E-state index contributed by atoms with van der Waals surface area (Å²) in [5.74, 6) is 1.76. The maximum Gasteiger partial charge on any atom is 0.226 e. The third-order valence-electron chi connectivity index (χ3n) is 4.03. The molecule has 0 saturated carbocycles. The highest BCUT2D eigenvalue weighted by molar-refractivity contribution is 14.0. The molecule has 154 valence electrons. The number of nitrogens with one attached hydrogen (secondary N) is 3. The quantitative estimate of drug-likeness (QED) is 0.306. The van der Waals surface area contributed by atoms with Gasteiger partial charge in [0, 0.05) is 31.3 Å². The van der Waals surface area contributed by atoms with Gasteiger partial charge in [-0.2, -0.15) is 0 Å². The minimum Gasteiger partial charge on any atom is -0.359 e. The van der Waals surface area contributed by atoms with Crippen molar-refractivity contribution in [2.45, 2.75) is 46.7 Å². The van der Waals surface area contributed by atoms with E-state index in [1.54, 1.807) is 7.05 Å². The summed E-state index contributed by atoms with van der Waals surface area (Å²) < 4.78 is 5.32. The Hall–Kier alpha value is -2.10. The number of guanidine groups is 1. The van der Waals surface area contributed by atoms with Gasteiger partial charge in [0.15, 0.2) is 11.7 Å². The largest absolute Gasteiger partial charge is 0.359 e. The van der Waals surface area contributed by atoms with Crippen LogP contribution in [0.5, 0.6) is 0 Å².